The van der Waals surface area contributed by atoms with Gasteiger partial charge >= 0.3 is 0 Å². The first-order valence-electron chi connectivity index (χ1n) is 8.40. The van der Waals surface area contributed by atoms with E-state index in [1.165, 1.54) is 16.9 Å². The summed E-state index contributed by atoms with van der Waals surface area (Å²) in [7, 11) is 1.64. The van der Waals surface area contributed by atoms with E-state index in [1.54, 1.807) is 18.9 Å². The van der Waals surface area contributed by atoms with Gasteiger partial charge in [-0.3, -0.25) is 0 Å². The summed E-state index contributed by atoms with van der Waals surface area (Å²) in [4.78, 5) is 0.787. The summed E-state index contributed by atoms with van der Waals surface area (Å²) < 4.78 is 12.8. The minimum atomic E-state index is 0.387. The van der Waals surface area contributed by atoms with Crippen LogP contribution in [0.25, 0.3) is 4.96 Å². The molecule has 0 amide bonds. The summed E-state index contributed by atoms with van der Waals surface area (Å²) in [6.07, 6.45) is 0. The van der Waals surface area contributed by atoms with Crippen LogP contribution in [0.1, 0.15) is 16.4 Å². The van der Waals surface area contributed by atoms with Crippen molar-refractivity contribution in [3.63, 3.8) is 0 Å². The summed E-state index contributed by atoms with van der Waals surface area (Å²) in [6.45, 7) is 0.387. The van der Waals surface area contributed by atoms with Crippen molar-refractivity contribution >= 4 is 28.1 Å². The lowest BCUT2D eigenvalue weighted by molar-refractivity contribution is 0.301. The lowest BCUT2D eigenvalue weighted by atomic mass is 10.2. The molecule has 0 N–H and O–H groups in total. The second kappa shape index (κ2) is 8.41. The average Bonchev–Trinajstić information content (AvgIpc) is 3.28. The Morgan fingerprint density at radius 2 is 1.85 bits per heavy atom. The van der Waals surface area contributed by atoms with Gasteiger partial charge in [-0.1, -0.05) is 47.7 Å². The molecule has 8 heteroatoms. The first-order valence-corrected chi connectivity index (χ1v) is 10.4. The molecule has 0 atom stereocenters. The molecule has 0 unspecified atom stereocenters. The van der Waals surface area contributed by atoms with Gasteiger partial charge in [-0.05, 0) is 17.7 Å². The zero-order chi connectivity index (χ0) is 18.5. The van der Waals surface area contributed by atoms with Crippen LogP contribution in [0.3, 0.4) is 0 Å². The number of benzene rings is 2. The van der Waals surface area contributed by atoms with E-state index in [9.17, 15) is 0 Å². The van der Waals surface area contributed by atoms with Gasteiger partial charge < -0.3 is 9.47 Å². The van der Waals surface area contributed by atoms with Crippen molar-refractivity contribution in [2.75, 3.05) is 7.11 Å². The molecule has 0 saturated heterocycles. The van der Waals surface area contributed by atoms with Crippen LogP contribution in [0.15, 0.2) is 54.6 Å². The number of fused-ring (bicyclic) bond motifs is 1. The van der Waals surface area contributed by atoms with E-state index in [-0.39, 0.29) is 0 Å². The zero-order valence-corrected chi connectivity index (χ0v) is 16.4. The largest absolute Gasteiger partial charge is 0.497 e. The number of ether oxygens (including phenoxy) is 2. The van der Waals surface area contributed by atoms with Gasteiger partial charge in [0.25, 0.3) is 0 Å². The van der Waals surface area contributed by atoms with Crippen LogP contribution in [-0.4, -0.2) is 26.9 Å². The molecule has 0 aliphatic heterocycles. The fourth-order valence-electron chi connectivity index (χ4n) is 2.52. The first kappa shape index (κ1) is 17.8. The van der Waals surface area contributed by atoms with E-state index >= 15 is 0 Å². The Hall–Kier alpha value is -2.58. The summed E-state index contributed by atoms with van der Waals surface area (Å²) in [5.41, 5.74) is 1.30. The molecule has 0 fully saturated rings. The Morgan fingerprint density at radius 1 is 1.00 bits per heavy atom. The zero-order valence-electron chi connectivity index (χ0n) is 14.7. The number of thioether (sulfide) groups is 1. The normalized spacial score (nSPS) is 11.0. The molecule has 0 bridgehead atoms. The van der Waals surface area contributed by atoms with E-state index in [0.29, 0.717) is 6.61 Å². The maximum atomic E-state index is 5.81. The Kier molecular flexibility index (Phi) is 5.55. The van der Waals surface area contributed by atoms with Crippen molar-refractivity contribution in [3.8, 4) is 11.5 Å². The predicted octanol–water partition coefficient (Wildman–Crippen LogP) is 4.21. The molecule has 4 aromatic rings. The molecule has 0 aliphatic carbocycles. The van der Waals surface area contributed by atoms with Crippen molar-refractivity contribution in [1.82, 2.24) is 19.8 Å². The van der Waals surface area contributed by atoms with Crippen molar-refractivity contribution in [1.29, 1.82) is 0 Å². The van der Waals surface area contributed by atoms with Gasteiger partial charge in [0.1, 0.15) is 18.1 Å². The highest BCUT2D eigenvalue weighted by Gasteiger charge is 2.12. The Labute approximate surface area is 165 Å². The fourth-order valence-corrected chi connectivity index (χ4v) is 4.17. The molecule has 0 radical (unpaired) electrons. The van der Waals surface area contributed by atoms with Gasteiger partial charge in [0.05, 0.1) is 12.9 Å². The van der Waals surface area contributed by atoms with Gasteiger partial charge in [-0.2, -0.15) is 9.61 Å². The summed E-state index contributed by atoms with van der Waals surface area (Å²) in [5.74, 6) is 4.07. The van der Waals surface area contributed by atoms with Crippen LogP contribution >= 0.6 is 23.1 Å². The van der Waals surface area contributed by atoms with Gasteiger partial charge in [-0.25, -0.2) is 0 Å². The van der Waals surface area contributed by atoms with E-state index in [4.69, 9.17) is 9.47 Å². The maximum Gasteiger partial charge on any atom is 0.234 e. The molecule has 2 aromatic carbocycles. The minimum Gasteiger partial charge on any atom is -0.497 e. The van der Waals surface area contributed by atoms with Gasteiger partial charge in [0.2, 0.25) is 4.96 Å². The molecule has 2 aromatic heterocycles. The molecule has 6 nitrogen and oxygen atoms in total. The lowest BCUT2D eigenvalue weighted by Crippen LogP contribution is -1.99. The smallest absolute Gasteiger partial charge is 0.234 e. The number of hydrogen-bond acceptors (Lipinski definition) is 7. The third-order valence-electron chi connectivity index (χ3n) is 3.84. The van der Waals surface area contributed by atoms with Crippen LogP contribution in [0.2, 0.25) is 0 Å². The summed E-state index contributed by atoms with van der Waals surface area (Å²) >= 11 is 3.29. The van der Waals surface area contributed by atoms with Crippen molar-refractivity contribution in [3.05, 3.63) is 71.0 Å². The van der Waals surface area contributed by atoms with Crippen LogP contribution < -0.4 is 9.47 Å². The summed E-state index contributed by atoms with van der Waals surface area (Å²) in [5, 5.41) is 13.9. The number of nitrogens with zero attached hydrogens (tertiary/aromatic N) is 4. The first-order chi connectivity index (χ1) is 13.3. The molecule has 0 saturated carbocycles. The number of hydrogen-bond donors (Lipinski definition) is 0. The van der Waals surface area contributed by atoms with Crippen molar-refractivity contribution in [2.45, 2.75) is 18.1 Å². The highest BCUT2D eigenvalue weighted by Crippen LogP contribution is 2.23. The van der Waals surface area contributed by atoms with Crippen LogP contribution in [-0.2, 0) is 18.1 Å². The second-order valence-corrected chi connectivity index (χ2v) is 7.78. The van der Waals surface area contributed by atoms with Gasteiger partial charge in [-0.15, -0.1) is 22.0 Å². The van der Waals surface area contributed by atoms with E-state index in [1.807, 2.05) is 34.8 Å². The van der Waals surface area contributed by atoms with Crippen molar-refractivity contribution < 1.29 is 9.47 Å². The lowest BCUT2D eigenvalue weighted by Gasteiger charge is -2.05. The highest BCUT2D eigenvalue weighted by atomic mass is 32.2. The third kappa shape index (κ3) is 4.40. The molecular formula is C19H18N4O2S2. The molecular weight excluding hydrogens is 380 g/mol. The molecule has 2 heterocycles. The number of methoxy groups -OCH3 is 1. The number of rotatable bonds is 8. The van der Waals surface area contributed by atoms with E-state index in [0.717, 1.165) is 38.8 Å². The van der Waals surface area contributed by atoms with Crippen LogP contribution in [0.4, 0.5) is 0 Å². The van der Waals surface area contributed by atoms with Gasteiger partial charge in [0, 0.05) is 11.8 Å². The van der Waals surface area contributed by atoms with Crippen molar-refractivity contribution in [2.24, 2.45) is 0 Å². The molecule has 27 heavy (non-hydrogen) atoms. The molecule has 4 rings (SSSR count). The Morgan fingerprint density at radius 3 is 2.70 bits per heavy atom. The molecule has 0 aliphatic rings. The van der Waals surface area contributed by atoms with E-state index in [2.05, 4.69) is 39.6 Å². The highest BCUT2D eigenvalue weighted by molar-refractivity contribution is 7.97. The topological polar surface area (TPSA) is 61.5 Å². The second-order valence-electron chi connectivity index (χ2n) is 5.75. The van der Waals surface area contributed by atoms with Crippen LogP contribution in [0.5, 0.6) is 11.5 Å². The quantitative estimate of drug-likeness (QED) is 0.443. The Bertz CT molecular complexity index is 1020. The fraction of sp³-hybridized carbons (Fsp3) is 0.211. The standard InChI is InChI=1S/C19H18N4O2S2/c1-24-15-8-5-9-16(10-15)25-11-18-22-23-17(20-21-19(23)27-18)13-26-12-14-6-3-2-4-7-14/h2-10H,11-13H2,1H3. The monoisotopic (exact) mass is 398 g/mol. The van der Waals surface area contributed by atoms with Gasteiger partial charge in [0.15, 0.2) is 10.8 Å². The SMILES string of the molecule is COc1cccc(OCc2nn3c(CSCc4ccccc4)nnc3s2)c1. The maximum absolute atomic E-state index is 5.81. The number of aromatic nitrogens is 4. The summed E-state index contributed by atoms with van der Waals surface area (Å²) in [6, 6.07) is 17.9. The van der Waals surface area contributed by atoms with E-state index < -0.39 is 0 Å². The minimum absolute atomic E-state index is 0.387. The third-order valence-corrected chi connectivity index (χ3v) is 5.72. The Balaban J connectivity index is 1.38. The average molecular weight is 399 g/mol. The molecule has 138 valence electrons. The molecule has 0 spiro atoms. The predicted molar refractivity (Wildman–Crippen MR) is 107 cm³/mol. The van der Waals surface area contributed by atoms with Crippen LogP contribution in [0, 0.1) is 0 Å².